The molecule has 0 aromatic heterocycles. The first-order valence-electron chi connectivity index (χ1n) is 10.3. The lowest BCUT2D eigenvalue weighted by molar-refractivity contribution is 0.0263. The van der Waals surface area contributed by atoms with E-state index in [0.717, 1.165) is 25.7 Å². The second kappa shape index (κ2) is 8.92. The van der Waals surface area contributed by atoms with E-state index in [4.69, 9.17) is 30.5 Å². The monoisotopic (exact) mass is 439 g/mol. The number of fused-ring (bicyclic) bond motifs is 1. The molecule has 1 aromatic rings. The van der Waals surface area contributed by atoms with Crippen LogP contribution in [0, 0.1) is 12.8 Å². The average molecular weight is 440 g/mol. The van der Waals surface area contributed by atoms with Crippen molar-refractivity contribution in [3.63, 3.8) is 0 Å². The molecule has 1 heterocycles. The van der Waals surface area contributed by atoms with Gasteiger partial charge in [-0.15, -0.1) is 0 Å². The summed E-state index contributed by atoms with van der Waals surface area (Å²) >= 11 is 6.38. The zero-order chi connectivity index (χ0) is 22.1. The summed E-state index contributed by atoms with van der Waals surface area (Å²) in [6.07, 6.45) is 3.01. The highest BCUT2D eigenvalue weighted by Crippen LogP contribution is 2.45. The Bertz CT molecular complexity index is 811. The van der Waals surface area contributed by atoms with Crippen molar-refractivity contribution in [1.29, 1.82) is 0 Å². The Morgan fingerprint density at radius 3 is 2.43 bits per heavy atom. The minimum absolute atomic E-state index is 0.0985. The number of alkyl carbamates (subject to hydrolysis) is 1. The van der Waals surface area contributed by atoms with Crippen LogP contribution in [0.3, 0.4) is 0 Å². The molecule has 0 spiro atoms. The number of methoxy groups -OCH3 is 1. The summed E-state index contributed by atoms with van der Waals surface area (Å²) in [4.78, 5) is 23.9. The van der Waals surface area contributed by atoms with Gasteiger partial charge in [-0.3, -0.25) is 0 Å². The van der Waals surface area contributed by atoms with Gasteiger partial charge in [-0.1, -0.05) is 11.6 Å². The Labute approximate surface area is 182 Å². The van der Waals surface area contributed by atoms with Gasteiger partial charge in [0.1, 0.15) is 18.3 Å². The van der Waals surface area contributed by atoms with Gasteiger partial charge in [0.2, 0.25) is 0 Å². The summed E-state index contributed by atoms with van der Waals surface area (Å²) < 4.78 is 22.3. The molecule has 1 aliphatic heterocycles. The third kappa shape index (κ3) is 5.12. The Hall–Kier alpha value is -2.15. The lowest BCUT2D eigenvalue weighted by atomic mass is 9.82. The van der Waals surface area contributed by atoms with Gasteiger partial charge < -0.3 is 24.3 Å². The van der Waals surface area contributed by atoms with Gasteiger partial charge >= 0.3 is 12.1 Å². The molecule has 1 amide bonds. The maximum absolute atomic E-state index is 12.0. The Morgan fingerprint density at radius 1 is 1.17 bits per heavy atom. The molecule has 0 radical (unpaired) electrons. The second-order valence-electron chi connectivity index (χ2n) is 8.91. The molecule has 166 valence electrons. The second-order valence-corrected chi connectivity index (χ2v) is 9.31. The first-order chi connectivity index (χ1) is 14.1. The van der Waals surface area contributed by atoms with Crippen LogP contribution in [0.25, 0.3) is 0 Å². The van der Waals surface area contributed by atoms with E-state index >= 15 is 0 Å². The molecule has 1 fully saturated rings. The Kier molecular flexibility index (Phi) is 6.70. The van der Waals surface area contributed by atoms with Crippen molar-refractivity contribution in [2.75, 3.05) is 13.7 Å². The number of rotatable bonds is 3. The molecular weight excluding hydrogens is 410 g/mol. The predicted octanol–water partition coefficient (Wildman–Crippen LogP) is 4.66. The van der Waals surface area contributed by atoms with Crippen LogP contribution in [0.1, 0.15) is 62.4 Å². The van der Waals surface area contributed by atoms with Crippen molar-refractivity contribution in [3.05, 3.63) is 22.2 Å². The van der Waals surface area contributed by atoms with Gasteiger partial charge in [0.05, 0.1) is 17.7 Å². The third-order valence-corrected chi connectivity index (χ3v) is 5.80. The maximum Gasteiger partial charge on any atom is 0.407 e. The largest absolute Gasteiger partial charge is 0.485 e. The highest BCUT2D eigenvalue weighted by atomic mass is 35.5. The molecule has 1 unspecified atom stereocenters. The van der Waals surface area contributed by atoms with Crippen molar-refractivity contribution in [3.8, 4) is 11.5 Å². The summed E-state index contributed by atoms with van der Waals surface area (Å²) in [7, 11) is 1.33. The first kappa shape index (κ1) is 22.5. The van der Waals surface area contributed by atoms with E-state index in [1.165, 1.54) is 7.11 Å². The number of hydrogen-bond donors (Lipinski definition) is 1. The summed E-state index contributed by atoms with van der Waals surface area (Å²) in [5.41, 5.74) is 0.523. The van der Waals surface area contributed by atoms with Gasteiger partial charge in [-0.2, -0.15) is 0 Å². The number of nitrogens with one attached hydrogen (secondary N) is 1. The molecule has 0 bridgehead atoms. The van der Waals surface area contributed by atoms with Gasteiger partial charge in [0, 0.05) is 11.6 Å². The molecule has 1 aliphatic carbocycles. The van der Waals surface area contributed by atoms with Crippen LogP contribution < -0.4 is 14.8 Å². The van der Waals surface area contributed by atoms with Gasteiger partial charge in [0.25, 0.3) is 0 Å². The molecule has 1 saturated carbocycles. The van der Waals surface area contributed by atoms with Crippen molar-refractivity contribution in [2.24, 2.45) is 5.92 Å². The van der Waals surface area contributed by atoms with Crippen LogP contribution in [0.2, 0.25) is 5.02 Å². The molecule has 7 nitrogen and oxygen atoms in total. The van der Waals surface area contributed by atoms with Crippen LogP contribution >= 0.6 is 11.6 Å². The maximum atomic E-state index is 12.0. The van der Waals surface area contributed by atoms with Crippen molar-refractivity contribution in [2.45, 2.75) is 71.1 Å². The van der Waals surface area contributed by atoms with Gasteiger partial charge in [-0.25, -0.2) is 9.59 Å². The fraction of sp³-hybridized carbons (Fsp3) is 0.636. The highest BCUT2D eigenvalue weighted by Gasteiger charge is 2.35. The summed E-state index contributed by atoms with van der Waals surface area (Å²) in [6.45, 7) is 7.73. The van der Waals surface area contributed by atoms with E-state index in [2.05, 4.69) is 5.32 Å². The summed E-state index contributed by atoms with van der Waals surface area (Å²) in [5.74, 6) is 0.816. The number of halogens is 1. The van der Waals surface area contributed by atoms with E-state index < -0.39 is 11.6 Å². The number of carbonyl (C=O) groups excluding carboxylic acids is 2. The quantitative estimate of drug-likeness (QED) is 0.689. The molecule has 1 aromatic carbocycles. The summed E-state index contributed by atoms with van der Waals surface area (Å²) in [6, 6.07) is 1.66. The summed E-state index contributed by atoms with van der Waals surface area (Å²) in [5, 5.41) is 3.29. The predicted molar refractivity (Wildman–Crippen MR) is 113 cm³/mol. The van der Waals surface area contributed by atoms with Gasteiger partial charge in [0.15, 0.2) is 11.5 Å². The number of benzene rings is 1. The minimum Gasteiger partial charge on any atom is -0.485 e. The first-order valence-corrected chi connectivity index (χ1v) is 10.7. The third-order valence-electron chi connectivity index (χ3n) is 5.52. The molecule has 1 N–H and O–H groups in total. The van der Waals surface area contributed by atoms with E-state index in [0.29, 0.717) is 40.2 Å². The van der Waals surface area contributed by atoms with Crippen molar-refractivity contribution >= 4 is 23.7 Å². The number of ether oxygens (including phenoxy) is 4. The molecule has 3 rings (SSSR count). The van der Waals surface area contributed by atoms with Crippen LogP contribution in [0.15, 0.2) is 6.07 Å². The zero-order valence-electron chi connectivity index (χ0n) is 18.2. The topological polar surface area (TPSA) is 83.1 Å². The van der Waals surface area contributed by atoms with E-state index in [1.807, 2.05) is 20.8 Å². The fourth-order valence-corrected chi connectivity index (χ4v) is 4.24. The molecule has 1 atom stereocenters. The number of hydrogen-bond acceptors (Lipinski definition) is 6. The average Bonchev–Trinajstić information content (AvgIpc) is 2.69. The zero-order valence-corrected chi connectivity index (χ0v) is 18.9. The molecular formula is C22H30ClNO6. The minimum atomic E-state index is -0.507. The highest BCUT2D eigenvalue weighted by molar-refractivity contribution is 6.32. The van der Waals surface area contributed by atoms with Gasteiger partial charge in [-0.05, 0) is 65.4 Å². The van der Waals surface area contributed by atoms with E-state index in [-0.39, 0.29) is 18.2 Å². The number of carbonyl (C=O) groups is 2. The lowest BCUT2D eigenvalue weighted by Gasteiger charge is -2.37. The SMILES string of the molecule is COC(=O)c1cc(Cl)c2c(c1C)OCC(C1CCC(NC(=O)OC(C)(C)C)CC1)O2. The number of esters is 1. The van der Waals surface area contributed by atoms with Crippen LogP contribution in [-0.4, -0.2) is 43.5 Å². The standard InChI is InChI=1S/C22H30ClNO6/c1-12-15(20(25)27-5)10-16(23)19-18(12)28-11-17(29-19)13-6-8-14(9-7-13)24-21(26)30-22(2,3)4/h10,13-14,17H,6-9,11H2,1-5H3,(H,24,26). The van der Waals surface area contributed by atoms with E-state index in [9.17, 15) is 9.59 Å². The fourth-order valence-electron chi connectivity index (χ4n) is 4.00. The normalized spacial score (nSPS) is 23.5. The van der Waals surface area contributed by atoms with Crippen LogP contribution in [0.4, 0.5) is 4.79 Å². The van der Waals surface area contributed by atoms with Crippen molar-refractivity contribution < 1.29 is 28.5 Å². The van der Waals surface area contributed by atoms with Crippen LogP contribution in [-0.2, 0) is 9.47 Å². The van der Waals surface area contributed by atoms with E-state index in [1.54, 1.807) is 13.0 Å². The lowest BCUT2D eigenvalue weighted by Crippen LogP contribution is -2.44. The molecule has 2 aliphatic rings. The Morgan fingerprint density at radius 2 is 1.83 bits per heavy atom. The smallest absolute Gasteiger partial charge is 0.407 e. The Balaban J connectivity index is 1.60. The molecule has 0 saturated heterocycles. The molecule has 8 heteroatoms. The number of amides is 1. The molecule has 30 heavy (non-hydrogen) atoms. The van der Waals surface area contributed by atoms with Crippen LogP contribution in [0.5, 0.6) is 11.5 Å². The van der Waals surface area contributed by atoms with Crippen molar-refractivity contribution in [1.82, 2.24) is 5.32 Å².